The lowest BCUT2D eigenvalue weighted by atomic mass is 10.0. The van der Waals surface area contributed by atoms with Gasteiger partial charge >= 0.3 is 0 Å². The topological polar surface area (TPSA) is 63.9 Å². The van der Waals surface area contributed by atoms with E-state index in [1.165, 1.54) is 0 Å². The van der Waals surface area contributed by atoms with Gasteiger partial charge in [-0.25, -0.2) is 0 Å². The molecule has 3 heterocycles. The van der Waals surface area contributed by atoms with Gasteiger partial charge in [0.25, 0.3) is 0 Å². The molecule has 1 amide bonds. The molecule has 1 atom stereocenters. The van der Waals surface area contributed by atoms with Gasteiger partial charge in [-0.3, -0.25) is 9.69 Å². The molecule has 1 aromatic carbocycles. The highest BCUT2D eigenvalue weighted by Gasteiger charge is 2.31. The zero-order valence-electron chi connectivity index (χ0n) is 14.1. The van der Waals surface area contributed by atoms with Crippen molar-refractivity contribution in [2.24, 2.45) is 0 Å². The van der Waals surface area contributed by atoms with Crippen molar-refractivity contribution in [1.82, 2.24) is 10.2 Å². The summed E-state index contributed by atoms with van der Waals surface area (Å²) < 4.78 is 16.8. The molecule has 1 fully saturated rings. The molecule has 1 aromatic heterocycles. The number of para-hydroxylation sites is 1. The normalized spacial score (nSPS) is 19.8. The summed E-state index contributed by atoms with van der Waals surface area (Å²) in [6.07, 6.45) is 3.70. The van der Waals surface area contributed by atoms with Gasteiger partial charge in [-0.15, -0.1) is 0 Å². The van der Waals surface area contributed by atoms with Gasteiger partial charge in [0.05, 0.1) is 19.4 Å². The quantitative estimate of drug-likeness (QED) is 0.904. The summed E-state index contributed by atoms with van der Waals surface area (Å²) >= 11 is 0. The first kappa shape index (κ1) is 16.0. The van der Waals surface area contributed by atoms with Crippen molar-refractivity contribution in [2.75, 3.05) is 26.3 Å². The van der Waals surface area contributed by atoms with E-state index in [1.54, 1.807) is 6.26 Å². The van der Waals surface area contributed by atoms with Crippen LogP contribution in [0, 0.1) is 0 Å². The molecule has 1 N–H and O–H groups in total. The van der Waals surface area contributed by atoms with Gasteiger partial charge in [-0.1, -0.05) is 12.1 Å². The van der Waals surface area contributed by atoms with E-state index in [0.29, 0.717) is 26.3 Å². The Balaban J connectivity index is 1.43. The molecule has 132 valence electrons. The van der Waals surface area contributed by atoms with Crippen molar-refractivity contribution in [3.8, 4) is 11.5 Å². The molecular formula is C19H22N2O4. The fourth-order valence-corrected chi connectivity index (χ4v) is 3.57. The molecule has 4 rings (SSSR count). The van der Waals surface area contributed by atoms with E-state index in [9.17, 15) is 4.79 Å². The van der Waals surface area contributed by atoms with Crippen LogP contribution in [0.2, 0.25) is 0 Å². The summed E-state index contributed by atoms with van der Waals surface area (Å²) in [7, 11) is 0. The number of furan rings is 1. The van der Waals surface area contributed by atoms with Crippen LogP contribution >= 0.6 is 0 Å². The van der Waals surface area contributed by atoms with Gasteiger partial charge in [0.15, 0.2) is 11.5 Å². The Morgan fingerprint density at radius 3 is 3.00 bits per heavy atom. The van der Waals surface area contributed by atoms with E-state index < -0.39 is 0 Å². The van der Waals surface area contributed by atoms with E-state index in [1.807, 2.05) is 24.3 Å². The average Bonchev–Trinajstić information content (AvgIpc) is 3.31. The van der Waals surface area contributed by atoms with Crippen LogP contribution in [-0.2, 0) is 11.3 Å². The standard InChI is InChI=1S/C19H22N2O4/c22-18(20-12-14-4-3-9-23-14)13-21-8-2-6-16(21)15-5-1-7-17-19(15)25-11-10-24-17/h1,3-5,7,9,16H,2,6,8,10-13H2,(H,20,22)/t16-/m0/s1. The molecule has 2 aliphatic rings. The lowest BCUT2D eigenvalue weighted by molar-refractivity contribution is -0.122. The Kier molecular flexibility index (Phi) is 4.61. The maximum absolute atomic E-state index is 12.3. The number of hydrogen-bond acceptors (Lipinski definition) is 5. The summed E-state index contributed by atoms with van der Waals surface area (Å²) in [5.74, 6) is 2.40. The molecule has 0 bridgehead atoms. The molecule has 0 aliphatic carbocycles. The number of carbonyl (C=O) groups is 1. The van der Waals surface area contributed by atoms with E-state index in [4.69, 9.17) is 13.9 Å². The number of rotatable bonds is 5. The van der Waals surface area contributed by atoms with Crippen LogP contribution in [0.5, 0.6) is 11.5 Å². The fourth-order valence-electron chi connectivity index (χ4n) is 3.57. The van der Waals surface area contributed by atoms with Crippen molar-refractivity contribution in [3.05, 3.63) is 47.9 Å². The van der Waals surface area contributed by atoms with Crippen LogP contribution in [0.3, 0.4) is 0 Å². The number of nitrogens with one attached hydrogen (secondary N) is 1. The van der Waals surface area contributed by atoms with Crippen LogP contribution in [0.4, 0.5) is 0 Å². The third kappa shape index (κ3) is 3.49. The Labute approximate surface area is 146 Å². The number of amides is 1. The molecule has 6 heteroatoms. The number of carbonyl (C=O) groups excluding carboxylic acids is 1. The molecule has 6 nitrogen and oxygen atoms in total. The molecule has 0 spiro atoms. The maximum Gasteiger partial charge on any atom is 0.234 e. The van der Waals surface area contributed by atoms with E-state index >= 15 is 0 Å². The largest absolute Gasteiger partial charge is 0.486 e. The van der Waals surface area contributed by atoms with E-state index in [2.05, 4.69) is 16.3 Å². The minimum Gasteiger partial charge on any atom is -0.486 e. The summed E-state index contributed by atoms with van der Waals surface area (Å²) in [6, 6.07) is 9.87. The van der Waals surface area contributed by atoms with Crippen molar-refractivity contribution < 1.29 is 18.7 Å². The van der Waals surface area contributed by atoms with Gasteiger partial charge in [0.2, 0.25) is 5.91 Å². The first-order valence-electron chi connectivity index (χ1n) is 8.73. The van der Waals surface area contributed by atoms with Gasteiger partial charge < -0.3 is 19.2 Å². The molecule has 2 aliphatic heterocycles. The van der Waals surface area contributed by atoms with Crippen molar-refractivity contribution in [1.29, 1.82) is 0 Å². The number of nitrogens with zero attached hydrogens (tertiary/aromatic N) is 1. The monoisotopic (exact) mass is 342 g/mol. The number of fused-ring (bicyclic) bond motifs is 1. The molecule has 0 radical (unpaired) electrons. The lowest BCUT2D eigenvalue weighted by Gasteiger charge is -2.28. The Morgan fingerprint density at radius 2 is 2.12 bits per heavy atom. The number of likely N-dealkylation sites (tertiary alicyclic amines) is 1. The zero-order chi connectivity index (χ0) is 17.1. The molecule has 1 saturated heterocycles. The smallest absolute Gasteiger partial charge is 0.234 e. The molecule has 0 unspecified atom stereocenters. The highest BCUT2D eigenvalue weighted by Crippen LogP contribution is 2.42. The maximum atomic E-state index is 12.3. The van der Waals surface area contributed by atoms with Gasteiger partial charge in [-0.05, 0) is 37.6 Å². The predicted molar refractivity (Wildman–Crippen MR) is 91.5 cm³/mol. The lowest BCUT2D eigenvalue weighted by Crippen LogP contribution is -2.36. The first-order valence-corrected chi connectivity index (χ1v) is 8.73. The number of hydrogen-bond donors (Lipinski definition) is 1. The summed E-state index contributed by atoms with van der Waals surface area (Å²) in [5.41, 5.74) is 1.12. The highest BCUT2D eigenvalue weighted by molar-refractivity contribution is 5.78. The van der Waals surface area contributed by atoms with E-state index in [0.717, 1.165) is 42.2 Å². The SMILES string of the molecule is O=C(CN1CCC[C@H]1c1cccc2c1OCCO2)NCc1ccco1. The van der Waals surface area contributed by atoms with Crippen molar-refractivity contribution >= 4 is 5.91 Å². The van der Waals surface area contributed by atoms with Crippen molar-refractivity contribution in [3.63, 3.8) is 0 Å². The van der Waals surface area contributed by atoms with Gasteiger partial charge in [-0.2, -0.15) is 0 Å². The molecule has 0 saturated carbocycles. The predicted octanol–water partition coefficient (Wildman–Crippen LogP) is 2.50. The summed E-state index contributed by atoms with van der Waals surface area (Å²) in [4.78, 5) is 14.5. The second kappa shape index (κ2) is 7.19. The highest BCUT2D eigenvalue weighted by atomic mass is 16.6. The third-order valence-corrected chi connectivity index (χ3v) is 4.71. The number of ether oxygens (including phenoxy) is 2. The summed E-state index contributed by atoms with van der Waals surface area (Å²) in [6.45, 7) is 2.85. The Bertz CT molecular complexity index is 729. The van der Waals surface area contributed by atoms with Gasteiger partial charge in [0, 0.05) is 11.6 Å². The minimum absolute atomic E-state index is 0.00488. The number of benzene rings is 1. The van der Waals surface area contributed by atoms with Crippen LogP contribution in [0.15, 0.2) is 41.0 Å². The Hall–Kier alpha value is -2.47. The average molecular weight is 342 g/mol. The molecular weight excluding hydrogens is 320 g/mol. The van der Waals surface area contributed by atoms with Crippen molar-refractivity contribution in [2.45, 2.75) is 25.4 Å². The van der Waals surface area contributed by atoms with Crippen LogP contribution in [0.1, 0.15) is 30.2 Å². The minimum atomic E-state index is 0.00488. The third-order valence-electron chi connectivity index (χ3n) is 4.71. The second-order valence-electron chi connectivity index (χ2n) is 6.36. The van der Waals surface area contributed by atoms with Crippen LogP contribution < -0.4 is 14.8 Å². The molecule has 25 heavy (non-hydrogen) atoms. The van der Waals surface area contributed by atoms with Gasteiger partial charge in [0.1, 0.15) is 19.0 Å². The first-order chi connectivity index (χ1) is 12.3. The summed E-state index contributed by atoms with van der Waals surface area (Å²) in [5, 5.41) is 2.92. The zero-order valence-corrected chi connectivity index (χ0v) is 14.1. The second-order valence-corrected chi connectivity index (χ2v) is 6.36. The van der Waals surface area contributed by atoms with Crippen LogP contribution in [0.25, 0.3) is 0 Å². The Morgan fingerprint density at radius 1 is 1.20 bits per heavy atom. The fraction of sp³-hybridized carbons (Fsp3) is 0.421. The molecule has 2 aromatic rings. The van der Waals surface area contributed by atoms with Crippen LogP contribution in [-0.4, -0.2) is 37.1 Å². The van der Waals surface area contributed by atoms with E-state index in [-0.39, 0.29) is 11.9 Å².